The number of ether oxygens (including phenoxy) is 4. The Morgan fingerprint density at radius 1 is 0.515 bits per heavy atom. The van der Waals surface area contributed by atoms with Crippen LogP contribution in [-0.2, 0) is 33.3 Å². The smallest absolute Gasteiger partial charge is 0.353 e. The van der Waals surface area contributed by atoms with E-state index in [4.69, 9.17) is 18.9 Å². The molecule has 0 heterocycles. The molecule has 0 radical (unpaired) electrons. The number of methoxy groups -OCH3 is 2. The molecule has 0 bridgehead atoms. The van der Waals surface area contributed by atoms with E-state index in [0.717, 1.165) is 0 Å². The van der Waals surface area contributed by atoms with Crippen molar-refractivity contribution in [3.63, 3.8) is 0 Å². The van der Waals surface area contributed by atoms with Crippen molar-refractivity contribution in [2.45, 2.75) is 18.3 Å². The molecule has 0 aliphatic heterocycles. The van der Waals surface area contributed by atoms with E-state index in [0.29, 0.717) is 16.7 Å². The van der Waals surface area contributed by atoms with Crippen LogP contribution in [-0.4, -0.2) is 32.1 Å². The molecule has 0 fully saturated rings. The molecule has 0 saturated carbocycles. The first-order valence-electron chi connectivity index (χ1n) is 10.2. The first kappa shape index (κ1) is 23.7. The molecule has 7 nitrogen and oxygen atoms in total. The van der Waals surface area contributed by atoms with Crippen LogP contribution < -0.4 is 0 Å². The van der Waals surface area contributed by atoms with Gasteiger partial charge in [0.1, 0.15) is 0 Å². The van der Waals surface area contributed by atoms with E-state index in [1.54, 1.807) is 84.9 Å². The molecule has 0 aliphatic rings. The van der Waals surface area contributed by atoms with Crippen molar-refractivity contribution in [2.75, 3.05) is 14.2 Å². The summed E-state index contributed by atoms with van der Waals surface area (Å²) in [6.07, 6.45) is -3.78. The number of benzene rings is 3. The lowest BCUT2D eigenvalue weighted by Crippen LogP contribution is -2.29. The van der Waals surface area contributed by atoms with Crippen LogP contribution in [0.3, 0.4) is 0 Å². The summed E-state index contributed by atoms with van der Waals surface area (Å²) < 4.78 is 21.2. The molecule has 3 aromatic carbocycles. The Labute approximate surface area is 191 Å². The zero-order chi connectivity index (χ0) is 23.6. The molecule has 0 N–H and O–H groups in total. The van der Waals surface area contributed by atoms with Gasteiger partial charge >= 0.3 is 17.9 Å². The van der Waals surface area contributed by atoms with Gasteiger partial charge in [-0.15, -0.1) is 0 Å². The molecule has 3 aromatic rings. The third-order valence-electron chi connectivity index (χ3n) is 4.85. The second kappa shape index (κ2) is 11.6. The standard InChI is InChI=1S/C26H24O7/c1-30-21(18-12-6-3-7-13-18)25(28)33-23(20-16-10-5-11-17-20)26(29)32-22(24(27)31-2)19-14-8-4-9-15-19/h3-17,21-23H,1-2H3/t21-,22+,23+/m1/s1. The molecule has 170 valence electrons. The maximum Gasteiger partial charge on any atom is 0.353 e. The van der Waals surface area contributed by atoms with Gasteiger partial charge in [-0.2, -0.15) is 0 Å². The minimum absolute atomic E-state index is 0.385. The van der Waals surface area contributed by atoms with E-state index in [1.807, 2.05) is 6.07 Å². The second-order valence-corrected chi connectivity index (χ2v) is 7.00. The summed E-state index contributed by atoms with van der Waals surface area (Å²) in [6, 6.07) is 25.6. The van der Waals surface area contributed by atoms with Crippen LogP contribution in [0.15, 0.2) is 91.0 Å². The lowest BCUT2D eigenvalue weighted by atomic mass is 10.1. The molecule has 0 amide bonds. The van der Waals surface area contributed by atoms with Gasteiger partial charge in [0.25, 0.3) is 0 Å². The van der Waals surface area contributed by atoms with Crippen molar-refractivity contribution < 1.29 is 33.3 Å². The van der Waals surface area contributed by atoms with Gasteiger partial charge in [0, 0.05) is 18.2 Å². The molecular formula is C26H24O7. The van der Waals surface area contributed by atoms with Crippen molar-refractivity contribution in [3.8, 4) is 0 Å². The van der Waals surface area contributed by atoms with E-state index < -0.39 is 36.2 Å². The van der Waals surface area contributed by atoms with Crippen LogP contribution in [0, 0.1) is 0 Å². The number of rotatable bonds is 9. The number of hydrogen-bond donors (Lipinski definition) is 0. The van der Waals surface area contributed by atoms with Crippen molar-refractivity contribution in [1.29, 1.82) is 0 Å². The molecule has 3 rings (SSSR count). The topological polar surface area (TPSA) is 88.1 Å². The maximum atomic E-state index is 13.2. The zero-order valence-electron chi connectivity index (χ0n) is 18.3. The van der Waals surface area contributed by atoms with Gasteiger partial charge < -0.3 is 18.9 Å². The predicted molar refractivity (Wildman–Crippen MR) is 119 cm³/mol. The fourth-order valence-electron chi connectivity index (χ4n) is 3.22. The van der Waals surface area contributed by atoms with Crippen molar-refractivity contribution >= 4 is 17.9 Å². The second-order valence-electron chi connectivity index (χ2n) is 7.00. The van der Waals surface area contributed by atoms with Gasteiger partial charge in [-0.05, 0) is 5.56 Å². The molecule has 7 heteroatoms. The maximum absolute atomic E-state index is 13.2. The number of carbonyl (C=O) groups excluding carboxylic acids is 3. The third kappa shape index (κ3) is 6.05. The Hall–Kier alpha value is -3.97. The van der Waals surface area contributed by atoms with E-state index >= 15 is 0 Å². The quantitative estimate of drug-likeness (QED) is 0.359. The monoisotopic (exact) mass is 448 g/mol. The summed E-state index contributed by atoms with van der Waals surface area (Å²) in [5, 5.41) is 0. The van der Waals surface area contributed by atoms with E-state index in [9.17, 15) is 14.4 Å². The Kier molecular flexibility index (Phi) is 8.32. The average Bonchev–Trinajstić information content (AvgIpc) is 2.87. The van der Waals surface area contributed by atoms with Gasteiger partial charge in [0.2, 0.25) is 12.2 Å². The molecule has 33 heavy (non-hydrogen) atoms. The highest BCUT2D eigenvalue weighted by Crippen LogP contribution is 2.28. The lowest BCUT2D eigenvalue weighted by molar-refractivity contribution is -0.182. The summed E-state index contributed by atoms with van der Waals surface area (Å²) in [6.45, 7) is 0. The van der Waals surface area contributed by atoms with Crippen LogP contribution in [0.1, 0.15) is 35.0 Å². The molecular weight excluding hydrogens is 424 g/mol. The SMILES string of the molecule is COC(=O)[C@@H](OC(=O)[C@@H](OC(=O)[C@H](OC)c1ccccc1)c1ccccc1)c1ccccc1. The fourth-order valence-corrected chi connectivity index (χ4v) is 3.22. The van der Waals surface area contributed by atoms with Crippen LogP contribution in [0.4, 0.5) is 0 Å². The van der Waals surface area contributed by atoms with Crippen LogP contribution in [0.2, 0.25) is 0 Å². The molecule has 0 spiro atoms. The minimum Gasteiger partial charge on any atom is -0.466 e. The molecule has 3 atom stereocenters. The first-order valence-corrected chi connectivity index (χ1v) is 10.2. The van der Waals surface area contributed by atoms with Crippen molar-refractivity contribution in [3.05, 3.63) is 108 Å². The van der Waals surface area contributed by atoms with E-state index in [1.165, 1.54) is 14.2 Å². The largest absolute Gasteiger partial charge is 0.466 e. The Bertz CT molecular complexity index is 1050. The molecule has 0 aromatic heterocycles. The number of carbonyl (C=O) groups is 3. The van der Waals surface area contributed by atoms with E-state index in [-0.39, 0.29) is 0 Å². The highest BCUT2D eigenvalue weighted by atomic mass is 16.6. The first-order chi connectivity index (χ1) is 16.0. The van der Waals surface area contributed by atoms with Gasteiger partial charge in [-0.25, -0.2) is 14.4 Å². The normalized spacial score (nSPS) is 13.3. The van der Waals surface area contributed by atoms with Gasteiger partial charge in [-0.3, -0.25) is 0 Å². The van der Waals surface area contributed by atoms with Gasteiger partial charge in [0.15, 0.2) is 6.10 Å². The van der Waals surface area contributed by atoms with Gasteiger partial charge in [-0.1, -0.05) is 91.0 Å². The Morgan fingerprint density at radius 3 is 1.21 bits per heavy atom. The van der Waals surface area contributed by atoms with Crippen LogP contribution >= 0.6 is 0 Å². The highest BCUT2D eigenvalue weighted by molar-refractivity contribution is 5.86. The average molecular weight is 448 g/mol. The summed E-state index contributed by atoms with van der Waals surface area (Å²) in [4.78, 5) is 38.5. The predicted octanol–water partition coefficient (Wildman–Crippen LogP) is 4.12. The third-order valence-corrected chi connectivity index (χ3v) is 4.85. The Morgan fingerprint density at radius 2 is 0.848 bits per heavy atom. The minimum atomic E-state index is -1.42. The fraction of sp³-hybridized carbons (Fsp3) is 0.192. The molecule has 0 unspecified atom stereocenters. The zero-order valence-corrected chi connectivity index (χ0v) is 18.3. The summed E-state index contributed by atoms with van der Waals surface area (Å²) >= 11 is 0. The lowest BCUT2D eigenvalue weighted by Gasteiger charge is -2.23. The molecule has 0 saturated heterocycles. The van der Waals surface area contributed by atoms with Crippen LogP contribution in [0.25, 0.3) is 0 Å². The summed E-state index contributed by atoms with van der Waals surface area (Å²) in [5.74, 6) is -2.45. The highest BCUT2D eigenvalue weighted by Gasteiger charge is 2.35. The number of hydrogen-bond acceptors (Lipinski definition) is 7. The van der Waals surface area contributed by atoms with E-state index in [2.05, 4.69) is 0 Å². The van der Waals surface area contributed by atoms with Crippen molar-refractivity contribution in [2.24, 2.45) is 0 Å². The summed E-state index contributed by atoms with van der Waals surface area (Å²) in [5.41, 5.74) is 1.38. The van der Waals surface area contributed by atoms with Crippen LogP contribution in [0.5, 0.6) is 0 Å². The van der Waals surface area contributed by atoms with Crippen molar-refractivity contribution in [1.82, 2.24) is 0 Å². The molecule has 0 aliphatic carbocycles. The summed E-state index contributed by atoms with van der Waals surface area (Å²) in [7, 11) is 2.57. The Balaban J connectivity index is 1.88. The van der Waals surface area contributed by atoms with Gasteiger partial charge in [0.05, 0.1) is 7.11 Å². The number of esters is 3.